The van der Waals surface area contributed by atoms with Gasteiger partial charge in [-0.3, -0.25) is 4.79 Å². The maximum Gasteiger partial charge on any atom is 0.232 e. The van der Waals surface area contributed by atoms with Crippen molar-refractivity contribution < 1.29 is 23.1 Å². The van der Waals surface area contributed by atoms with Crippen LogP contribution in [-0.4, -0.2) is 26.2 Å². The summed E-state index contributed by atoms with van der Waals surface area (Å²) in [6, 6.07) is 8.02. The molecule has 23 heavy (non-hydrogen) atoms. The van der Waals surface area contributed by atoms with Crippen molar-refractivity contribution in [1.29, 1.82) is 0 Å². The molecule has 2 heterocycles. The number of carbonyl (C=O) groups is 1. The van der Waals surface area contributed by atoms with E-state index in [2.05, 4.69) is 0 Å². The maximum absolute atomic E-state index is 14.0. The Balaban J connectivity index is 1.90. The van der Waals surface area contributed by atoms with Crippen LogP contribution in [0.4, 0.5) is 10.1 Å². The van der Waals surface area contributed by atoms with Crippen molar-refractivity contribution in [2.75, 3.05) is 25.2 Å². The number of furan rings is 1. The summed E-state index contributed by atoms with van der Waals surface area (Å²) in [5.74, 6) is -0.0413. The maximum atomic E-state index is 14.0. The van der Waals surface area contributed by atoms with Gasteiger partial charge in [-0.1, -0.05) is 0 Å². The van der Waals surface area contributed by atoms with Gasteiger partial charge in [0.05, 0.1) is 32.4 Å². The Morgan fingerprint density at radius 2 is 2.30 bits per heavy atom. The number of methoxy groups -OCH3 is 1. The first-order chi connectivity index (χ1) is 11.2. The van der Waals surface area contributed by atoms with E-state index in [4.69, 9.17) is 13.9 Å². The highest BCUT2D eigenvalue weighted by molar-refractivity contribution is 5.95. The molecular weight excluding hydrogens is 301 g/mol. The molecular formula is C17H18FNO4. The Labute approximate surface area is 133 Å². The average Bonchev–Trinajstić information content (AvgIpc) is 3.25. The van der Waals surface area contributed by atoms with Crippen LogP contribution in [0.3, 0.4) is 0 Å². The van der Waals surface area contributed by atoms with Crippen molar-refractivity contribution in [2.45, 2.75) is 13.0 Å². The summed E-state index contributed by atoms with van der Waals surface area (Å²) in [4.78, 5) is 14.3. The zero-order valence-corrected chi connectivity index (χ0v) is 12.8. The Bertz CT molecular complexity index is 665. The minimum Gasteiger partial charge on any atom is -0.494 e. The molecule has 1 aromatic carbocycles. The number of carbonyl (C=O) groups excluding carboxylic acids is 1. The first-order valence-electron chi connectivity index (χ1n) is 7.44. The molecule has 5 nitrogen and oxygen atoms in total. The molecule has 1 aromatic heterocycles. The van der Waals surface area contributed by atoms with E-state index < -0.39 is 5.82 Å². The highest BCUT2D eigenvalue weighted by Crippen LogP contribution is 2.27. The fourth-order valence-electron chi connectivity index (χ4n) is 2.63. The average molecular weight is 319 g/mol. The third kappa shape index (κ3) is 3.37. The van der Waals surface area contributed by atoms with Crippen LogP contribution in [0.5, 0.6) is 5.75 Å². The summed E-state index contributed by atoms with van der Waals surface area (Å²) in [5, 5.41) is 0. The highest BCUT2D eigenvalue weighted by Gasteiger charge is 2.29. The molecule has 1 aliphatic heterocycles. The van der Waals surface area contributed by atoms with Crippen LogP contribution in [0.2, 0.25) is 0 Å². The molecule has 0 radical (unpaired) electrons. The molecule has 122 valence electrons. The zero-order chi connectivity index (χ0) is 16.2. The van der Waals surface area contributed by atoms with Crippen molar-refractivity contribution in [3.63, 3.8) is 0 Å². The van der Waals surface area contributed by atoms with Gasteiger partial charge in [-0.2, -0.15) is 0 Å². The lowest BCUT2D eigenvalue weighted by Gasteiger charge is -2.24. The third-order valence-corrected chi connectivity index (χ3v) is 3.89. The molecule has 0 bridgehead atoms. The van der Waals surface area contributed by atoms with Crippen LogP contribution < -0.4 is 9.64 Å². The number of hydrogen-bond acceptors (Lipinski definition) is 4. The normalized spacial score (nSPS) is 17.2. The van der Waals surface area contributed by atoms with Gasteiger partial charge in [-0.05, 0) is 30.7 Å². The number of amides is 1. The summed E-state index contributed by atoms with van der Waals surface area (Å²) in [7, 11) is 1.40. The minimum atomic E-state index is -0.509. The predicted octanol–water partition coefficient (Wildman–Crippen LogP) is 3.00. The molecule has 0 unspecified atom stereocenters. The Morgan fingerprint density at radius 1 is 1.43 bits per heavy atom. The van der Waals surface area contributed by atoms with E-state index in [0.29, 0.717) is 31.1 Å². The first-order valence-corrected chi connectivity index (χ1v) is 7.44. The lowest BCUT2D eigenvalue weighted by molar-refractivity contribution is -0.122. The molecule has 0 N–H and O–H groups in total. The van der Waals surface area contributed by atoms with Gasteiger partial charge in [0.1, 0.15) is 5.76 Å². The van der Waals surface area contributed by atoms with Gasteiger partial charge in [0.2, 0.25) is 5.91 Å². The second-order valence-electron chi connectivity index (χ2n) is 5.38. The van der Waals surface area contributed by atoms with Crippen molar-refractivity contribution in [2.24, 2.45) is 5.92 Å². The number of halogens is 1. The lowest BCUT2D eigenvalue weighted by Crippen LogP contribution is -2.36. The van der Waals surface area contributed by atoms with E-state index in [1.54, 1.807) is 24.5 Å². The zero-order valence-electron chi connectivity index (χ0n) is 12.8. The van der Waals surface area contributed by atoms with Crippen molar-refractivity contribution >= 4 is 11.6 Å². The number of rotatable bonds is 5. The smallest absolute Gasteiger partial charge is 0.232 e. The predicted molar refractivity (Wildman–Crippen MR) is 81.8 cm³/mol. The molecule has 1 atom stereocenters. The van der Waals surface area contributed by atoms with Crippen LogP contribution in [0.25, 0.3) is 0 Å². The molecule has 0 aliphatic carbocycles. The minimum absolute atomic E-state index is 0.0940. The Morgan fingerprint density at radius 3 is 2.91 bits per heavy atom. The third-order valence-electron chi connectivity index (χ3n) is 3.89. The first kappa shape index (κ1) is 15.6. The monoisotopic (exact) mass is 319 g/mol. The quantitative estimate of drug-likeness (QED) is 0.850. The second kappa shape index (κ2) is 6.83. The number of ether oxygens (including phenoxy) is 2. The van der Waals surface area contributed by atoms with Crippen LogP contribution in [-0.2, 0) is 16.1 Å². The molecule has 1 fully saturated rings. The molecule has 1 saturated heterocycles. The van der Waals surface area contributed by atoms with Gasteiger partial charge in [0.25, 0.3) is 0 Å². The Kier molecular flexibility index (Phi) is 4.62. The molecule has 1 amide bonds. The van der Waals surface area contributed by atoms with E-state index in [1.165, 1.54) is 24.1 Å². The van der Waals surface area contributed by atoms with E-state index in [1.807, 2.05) is 0 Å². The van der Waals surface area contributed by atoms with Crippen LogP contribution >= 0.6 is 0 Å². The summed E-state index contributed by atoms with van der Waals surface area (Å²) >= 11 is 0. The summed E-state index contributed by atoms with van der Waals surface area (Å²) in [5.41, 5.74) is 0.469. The van der Waals surface area contributed by atoms with Gasteiger partial charge < -0.3 is 18.8 Å². The van der Waals surface area contributed by atoms with Crippen molar-refractivity contribution in [3.8, 4) is 5.75 Å². The van der Waals surface area contributed by atoms with E-state index in [0.717, 1.165) is 0 Å². The fraction of sp³-hybridized carbons (Fsp3) is 0.353. The number of benzene rings is 1. The van der Waals surface area contributed by atoms with E-state index in [-0.39, 0.29) is 24.1 Å². The summed E-state index contributed by atoms with van der Waals surface area (Å²) in [6.45, 7) is 1.21. The number of anilines is 1. The molecule has 1 aliphatic rings. The number of hydrogen-bond donors (Lipinski definition) is 0. The van der Waals surface area contributed by atoms with E-state index in [9.17, 15) is 9.18 Å². The molecule has 2 aromatic rings. The van der Waals surface area contributed by atoms with Gasteiger partial charge in [0, 0.05) is 18.4 Å². The van der Waals surface area contributed by atoms with Gasteiger partial charge >= 0.3 is 0 Å². The number of nitrogens with zero attached hydrogens (tertiary/aromatic N) is 1. The highest BCUT2D eigenvalue weighted by atomic mass is 19.1. The van der Waals surface area contributed by atoms with Crippen LogP contribution in [0.1, 0.15) is 12.2 Å². The lowest BCUT2D eigenvalue weighted by atomic mass is 10.1. The molecule has 0 spiro atoms. The van der Waals surface area contributed by atoms with E-state index >= 15 is 0 Å². The van der Waals surface area contributed by atoms with Crippen molar-refractivity contribution in [3.05, 3.63) is 48.2 Å². The molecule has 0 saturated carbocycles. The standard InChI is InChI=1S/C17H18FNO4/c1-21-16-5-4-13(9-15(16)18)19(10-14-3-2-7-23-14)17(20)12-6-8-22-11-12/h2-5,7,9,12H,6,8,10-11H2,1H3/t12-/m0/s1. The summed E-state index contributed by atoms with van der Waals surface area (Å²) in [6.07, 6.45) is 2.22. The van der Waals surface area contributed by atoms with Crippen LogP contribution in [0.15, 0.2) is 41.0 Å². The van der Waals surface area contributed by atoms with Crippen LogP contribution in [0, 0.1) is 11.7 Å². The SMILES string of the molecule is COc1ccc(N(Cc2ccco2)C(=O)[C@H]2CCOC2)cc1F. The second-order valence-corrected chi connectivity index (χ2v) is 5.38. The summed E-state index contributed by atoms with van der Waals surface area (Å²) < 4.78 is 29.6. The fourth-order valence-corrected chi connectivity index (χ4v) is 2.63. The van der Waals surface area contributed by atoms with Gasteiger partial charge in [-0.25, -0.2) is 4.39 Å². The molecule has 3 rings (SSSR count). The van der Waals surface area contributed by atoms with Gasteiger partial charge in [-0.15, -0.1) is 0 Å². The van der Waals surface area contributed by atoms with Gasteiger partial charge in [0.15, 0.2) is 11.6 Å². The topological polar surface area (TPSA) is 51.9 Å². The van der Waals surface area contributed by atoms with Crippen molar-refractivity contribution in [1.82, 2.24) is 0 Å². The molecule has 6 heteroatoms. The Hall–Kier alpha value is -2.34. The largest absolute Gasteiger partial charge is 0.494 e.